The second-order valence-electron chi connectivity index (χ2n) is 3.15. The van der Waals surface area contributed by atoms with Crippen molar-refractivity contribution in [3.63, 3.8) is 0 Å². The maximum Gasteiger partial charge on any atom is 0.222 e. The van der Waals surface area contributed by atoms with E-state index in [0.717, 1.165) is 24.4 Å². The third-order valence-corrected chi connectivity index (χ3v) is 2.99. The Bertz CT molecular complexity index is 427. The number of hydrogen-bond acceptors (Lipinski definition) is 4. The van der Waals surface area contributed by atoms with Crippen LogP contribution >= 0.6 is 11.3 Å². The topological polar surface area (TPSA) is 34.1 Å². The van der Waals surface area contributed by atoms with Crippen molar-refractivity contribution >= 4 is 21.4 Å². The first-order valence-corrected chi connectivity index (χ1v) is 5.95. The molecule has 4 heteroatoms. The molecule has 0 spiro atoms. The molecule has 0 aromatic carbocycles. The molecule has 0 saturated carbocycles. The Balaban J connectivity index is 2.04. The summed E-state index contributed by atoms with van der Waals surface area (Å²) in [5.41, 5.74) is 0. The van der Waals surface area contributed by atoms with E-state index in [0.29, 0.717) is 6.61 Å². The minimum Gasteiger partial charge on any atom is -0.476 e. The molecule has 0 aliphatic rings. The quantitative estimate of drug-likeness (QED) is 0.788. The fraction of sp³-hybridized carbons (Fsp3) is 0.364. The summed E-state index contributed by atoms with van der Waals surface area (Å²) in [6, 6.07) is 4.06. The standard InChI is InChI=1S/C11H14N2OS/c1-2-12-6-7-14-11-9-4-8-15-10(9)3-5-13-11/h3-5,8,12H,2,6-7H2,1H3. The largest absolute Gasteiger partial charge is 0.476 e. The van der Waals surface area contributed by atoms with Gasteiger partial charge in [-0.05, 0) is 24.1 Å². The van der Waals surface area contributed by atoms with Crippen molar-refractivity contribution in [2.75, 3.05) is 19.7 Å². The van der Waals surface area contributed by atoms with Crippen LogP contribution in [0.3, 0.4) is 0 Å². The summed E-state index contributed by atoms with van der Waals surface area (Å²) in [6.07, 6.45) is 1.79. The fourth-order valence-electron chi connectivity index (χ4n) is 1.38. The minimum atomic E-state index is 0.663. The van der Waals surface area contributed by atoms with Gasteiger partial charge in [-0.25, -0.2) is 4.98 Å². The molecule has 0 atom stereocenters. The second kappa shape index (κ2) is 5.09. The fourth-order valence-corrected chi connectivity index (χ4v) is 2.15. The molecule has 2 aromatic rings. The average molecular weight is 222 g/mol. The van der Waals surface area contributed by atoms with E-state index >= 15 is 0 Å². The van der Waals surface area contributed by atoms with Gasteiger partial charge in [-0.3, -0.25) is 0 Å². The number of aromatic nitrogens is 1. The SMILES string of the molecule is CCNCCOc1nccc2sccc12. The molecule has 0 saturated heterocycles. The summed E-state index contributed by atoms with van der Waals surface area (Å²) >= 11 is 1.71. The summed E-state index contributed by atoms with van der Waals surface area (Å²) in [5.74, 6) is 0.742. The number of hydrogen-bond donors (Lipinski definition) is 1. The van der Waals surface area contributed by atoms with Gasteiger partial charge in [-0.15, -0.1) is 11.3 Å². The molecule has 2 aromatic heterocycles. The van der Waals surface area contributed by atoms with Crippen LogP contribution in [0, 0.1) is 0 Å². The predicted molar refractivity (Wildman–Crippen MR) is 63.7 cm³/mol. The summed E-state index contributed by atoms with van der Waals surface area (Å²) in [7, 11) is 0. The van der Waals surface area contributed by atoms with Crippen molar-refractivity contribution in [3.8, 4) is 5.88 Å². The smallest absolute Gasteiger partial charge is 0.222 e. The number of likely N-dealkylation sites (N-methyl/N-ethyl adjacent to an activating group) is 1. The van der Waals surface area contributed by atoms with Gasteiger partial charge in [0, 0.05) is 17.4 Å². The molecule has 1 N–H and O–H groups in total. The number of pyridine rings is 1. The van der Waals surface area contributed by atoms with E-state index in [4.69, 9.17) is 4.74 Å². The van der Waals surface area contributed by atoms with Crippen LogP contribution in [0.1, 0.15) is 6.92 Å². The van der Waals surface area contributed by atoms with Crippen LogP contribution in [-0.2, 0) is 0 Å². The van der Waals surface area contributed by atoms with Crippen LogP contribution in [-0.4, -0.2) is 24.7 Å². The highest BCUT2D eigenvalue weighted by molar-refractivity contribution is 7.17. The molecule has 0 radical (unpaired) electrons. The number of nitrogens with one attached hydrogen (secondary N) is 1. The van der Waals surface area contributed by atoms with Gasteiger partial charge < -0.3 is 10.1 Å². The van der Waals surface area contributed by atoms with E-state index in [-0.39, 0.29) is 0 Å². The molecule has 0 bridgehead atoms. The summed E-state index contributed by atoms with van der Waals surface area (Å²) in [4.78, 5) is 4.23. The summed E-state index contributed by atoms with van der Waals surface area (Å²) in [5, 5.41) is 6.38. The highest BCUT2D eigenvalue weighted by Gasteiger charge is 2.03. The van der Waals surface area contributed by atoms with E-state index in [1.165, 1.54) is 4.70 Å². The molecular weight excluding hydrogens is 208 g/mol. The number of nitrogens with zero attached hydrogens (tertiary/aromatic N) is 1. The number of fused-ring (bicyclic) bond motifs is 1. The van der Waals surface area contributed by atoms with Crippen molar-refractivity contribution in [2.24, 2.45) is 0 Å². The molecule has 15 heavy (non-hydrogen) atoms. The lowest BCUT2D eigenvalue weighted by Crippen LogP contribution is -2.20. The van der Waals surface area contributed by atoms with Crippen molar-refractivity contribution in [1.29, 1.82) is 0 Å². The molecule has 0 aliphatic carbocycles. The van der Waals surface area contributed by atoms with Gasteiger partial charge in [-0.2, -0.15) is 0 Å². The normalized spacial score (nSPS) is 10.7. The lowest BCUT2D eigenvalue weighted by atomic mass is 10.3. The van der Waals surface area contributed by atoms with E-state index in [2.05, 4.69) is 28.7 Å². The highest BCUT2D eigenvalue weighted by Crippen LogP contribution is 2.27. The van der Waals surface area contributed by atoms with Gasteiger partial charge in [0.2, 0.25) is 5.88 Å². The van der Waals surface area contributed by atoms with Gasteiger partial charge in [0.05, 0.1) is 5.39 Å². The maximum absolute atomic E-state index is 5.61. The zero-order chi connectivity index (χ0) is 10.5. The summed E-state index contributed by atoms with van der Waals surface area (Å²) in [6.45, 7) is 4.58. The first-order chi connectivity index (χ1) is 7.42. The van der Waals surface area contributed by atoms with Gasteiger partial charge in [0.1, 0.15) is 6.61 Å². The Hall–Kier alpha value is -1.13. The number of rotatable bonds is 5. The Morgan fingerprint density at radius 3 is 3.27 bits per heavy atom. The Kier molecular flexibility index (Phi) is 3.53. The third kappa shape index (κ3) is 2.46. The minimum absolute atomic E-state index is 0.663. The first-order valence-electron chi connectivity index (χ1n) is 5.07. The van der Waals surface area contributed by atoms with Gasteiger partial charge >= 0.3 is 0 Å². The van der Waals surface area contributed by atoms with Crippen LogP contribution in [0.4, 0.5) is 0 Å². The molecule has 2 rings (SSSR count). The van der Waals surface area contributed by atoms with Crippen LogP contribution in [0.15, 0.2) is 23.7 Å². The van der Waals surface area contributed by atoms with Crippen LogP contribution in [0.2, 0.25) is 0 Å². The number of thiophene rings is 1. The van der Waals surface area contributed by atoms with Crippen molar-refractivity contribution < 1.29 is 4.74 Å². The third-order valence-electron chi connectivity index (χ3n) is 2.11. The van der Waals surface area contributed by atoms with Crippen molar-refractivity contribution in [2.45, 2.75) is 6.92 Å². The second-order valence-corrected chi connectivity index (χ2v) is 4.10. The molecule has 80 valence electrons. The van der Waals surface area contributed by atoms with Crippen molar-refractivity contribution in [1.82, 2.24) is 10.3 Å². The Morgan fingerprint density at radius 1 is 1.47 bits per heavy atom. The summed E-state index contributed by atoms with van der Waals surface area (Å²) < 4.78 is 6.84. The van der Waals surface area contributed by atoms with Gasteiger partial charge in [-0.1, -0.05) is 6.92 Å². The average Bonchev–Trinajstić information content (AvgIpc) is 2.73. The molecule has 0 amide bonds. The van der Waals surface area contributed by atoms with Crippen LogP contribution < -0.4 is 10.1 Å². The Labute approximate surface area is 93.1 Å². The van der Waals surface area contributed by atoms with Crippen molar-refractivity contribution in [3.05, 3.63) is 23.7 Å². The predicted octanol–water partition coefficient (Wildman–Crippen LogP) is 2.28. The molecule has 2 heterocycles. The van der Waals surface area contributed by atoms with Crippen LogP contribution in [0.25, 0.3) is 10.1 Å². The van der Waals surface area contributed by atoms with E-state index < -0.39 is 0 Å². The lowest BCUT2D eigenvalue weighted by Gasteiger charge is -2.06. The molecule has 3 nitrogen and oxygen atoms in total. The van der Waals surface area contributed by atoms with Crippen LogP contribution in [0.5, 0.6) is 5.88 Å². The molecule has 0 fully saturated rings. The number of ether oxygens (including phenoxy) is 1. The Morgan fingerprint density at radius 2 is 2.40 bits per heavy atom. The highest BCUT2D eigenvalue weighted by atomic mass is 32.1. The monoisotopic (exact) mass is 222 g/mol. The zero-order valence-electron chi connectivity index (χ0n) is 8.69. The molecule has 0 unspecified atom stereocenters. The maximum atomic E-state index is 5.61. The van der Waals surface area contributed by atoms with Gasteiger partial charge in [0.15, 0.2) is 0 Å². The van der Waals surface area contributed by atoms with Gasteiger partial charge in [0.25, 0.3) is 0 Å². The van der Waals surface area contributed by atoms with E-state index in [1.807, 2.05) is 6.07 Å². The van der Waals surface area contributed by atoms with E-state index in [1.54, 1.807) is 17.5 Å². The molecular formula is C11H14N2OS. The molecule has 0 aliphatic heterocycles. The first kappa shape index (κ1) is 10.4. The zero-order valence-corrected chi connectivity index (χ0v) is 9.51. The lowest BCUT2D eigenvalue weighted by molar-refractivity contribution is 0.308. The van der Waals surface area contributed by atoms with E-state index in [9.17, 15) is 0 Å².